The fourth-order valence-corrected chi connectivity index (χ4v) is 1.53. The highest BCUT2D eigenvalue weighted by atomic mass is 79.9. The van der Waals surface area contributed by atoms with Gasteiger partial charge in [-0.2, -0.15) is 0 Å². The van der Waals surface area contributed by atoms with Gasteiger partial charge in [0.2, 0.25) is 0 Å². The summed E-state index contributed by atoms with van der Waals surface area (Å²) in [5.41, 5.74) is 3.26. The highest BCUT2D eigenvalue weighted by Crippen LogP contribution is 2.25. The van der Waals surface area contributed by atoms with Crippen molar-refractivity contribution in [2.75, 3.05) is 7.05 Å². The number of nitrogens with two attached hydrogens (primary N) is 1. The number of halogens is 2. The molecule has 5 heteroatoms. The van der Waals surface area contributed by atoms with Crippen molar-refractivity contribution in [2.24, 2.45) is 10.8 Å². The van der Waals surface area contributed by atoms with Crippen LogP contribution >= 0.6 is 27.5 Å². The van der Waals surface area contributed by atoms with E-state index < -0.39 is 0 Å². The Labute approximate surface area is 90.1 Å². The minimum Gasteiger partial charge on any atom is -0.308 e. The van der Waals surface area contributed by atoms with E-state index in [1.807, 2.05) is 18.2 Å². The Balaban J connectivity index is 3.22. The molecule has 0 atom stereocenters. The van der Waals surface area contributed by atoms with Crippen molar-refractivity contribution in [2.45, 2.75) is 0 Å². The van der Waals surface area contributed by atoms with Crippen molar-refractivity contribution in [3.05, 3.63) is 33.3 Å². The lowest BCUT2D eigenvalue weighted by Crippen LogP contribution is -2.31. The number of rotatable bonds is 1. The first kappa shape index (κ1) is 10.5. The molecule has 13 heavy (non-hydrogen) atoms. The predicted octanol–water partition coefficient (Wildman–Crippen LogP) is 1.94. The van der Waals surface area contributed by atoms with Crippen LogP contribution in [-0.4, -0.2) is 12.9 Å². The molecule has 3 nitrogen and oxygen atoms in total. The van der Waals surface area contributed by atoms with Crippen molar-refractivity contribution in [3.8, 4) is 0 Å². The molecule has 0 fully saturated rings. The second kappa shape index (κ2) is 4.60. The lowest BCUT2D eigenvalue weighted by molar-refractivity contribution is 1.02. The third-order valence-electron chi connectivity index (χ3n) is 1.57. The zero-order valence-corrected chi connectivity index (χ0v) is 9.35. The molecular formula is C8H9BrClN3. The third-order valence-corrected chi connectivity index (χ3v) is 2.86. The van der Waals surface area contributed by atoms with Crippen LogP contribution in [0.3, 0.4) is 0 Å². The van der Waals surface area contributed by atoms with E-state index in [1.165, 1.54) is 0 Å². The Hall–Kier alpha value is -0.580. The first-order valence-corrected chi connectivity index (χ1v) is 4.75. The maximum atomic E-state index is 6.02. The molecule has 0 saturated heterocycles. The highest BCUT2D eigenvalue weighted by molar-refractivity contribution is 9.10. The summed E-state index contributed by atoms with van der Waals surface area (Å²) in [7, 11) is 1.65. The average Bonchev–Trinajstić information content (AvgIpc) is 2.14. The summed E-state index contributed by atoms with van der Waals surface area (Å²) in [4.78, 5) is 3.95. The second-order valence-electron chi connectivity index (χ2n) is 2.32. The summed E-state index contributed by atoms with van der Waals surface area (Å²) in [6.45, 7) is 0. The number of hydrogen-bond donors (Lipinski definition) is 2. The van der Waals surface area contributed by atoms with E-state index >= 15 is 0 Å². The van der Waals surface area contributed by atoms with Gasteiger partial charge < -0.3 is 5.43 Å². The van der Waals surface area contributed by atoms with Crippen molar-refractivity contribution in [1.29, 1.82) is 0 Å². The van der Waals surface area contributed by atoms with Crippen LogP contribution in [0.2, 0.25) is 5.02 Å². The maximum Gasteiger partial charge on any atom is 0.143 e. The molecule has 0 spiro atoms. The molecule has 3 N–H and O–H groups in total. The van der Waals surface area contributed by atoms with Gasteiger partial charge in [-0.15, -0.1) is 0 Å². The topological polar surface area (TPSA) is 50.4 Å². The molecule has 0 amide bonds. The molecule has 1 aromatic rings. The summed E-state index contributed by atoms with van der Waals surface area (Å²) in [6.07, 6.45) is 0. The fraction of sp³-hybridized carbons (Fsp3) is 0.125. The first-order chi connectivity index (χ1) is 6.20. The molecular weight excluding hydrogens is 253 g/mol. The predicted molar refractivity (Wildman–Crippen MR) is 58.9 cm³/mol. The quantitative estimate of drug-likeness (QED) is 0.352. The van der Waals surface area contributed by atoms with E-state index in [2.05, 4.69) is 26.3 Å². The largest absolute Gasteiger partial charge is 0.308 e. The van der Waals surface area contributed by atoms with Crippen LogP contribution in [0.15, 0.2) is 27.7 Å². The van der Waals surface area contributed by atoms with Gasteiger partial charge in [-0.05, 0) is 28.1 Å². The van der Waals surface area contributed by atoms with Gasteiger partial charge in [-0.3, -0.25) is 4.99 Å². The fourth-order valence-electron chi connectivity index (χ4n) is 0.949. The number of benzene rings is 1. The Morgan fingerprint density at radius 3 is 2.85 bits per heavy atom. The van der Waals surface area contributed by atoms with Gasteiger partial charge in [-0.1, -0.05) is 17.7 Å². The highest BCUT2D eigenvalue weighted by Gasteiger charge is 2.07. The molecule has 70 valence electrons. The molecule has 0 saturated carbocycles. The molecule has 0 aliphatic carbocycles. The number of hydrogen-bond acceptors (Lipinski definition) is 2. The number of hydrazine groups is 1. The summed E-state index contributed by atoms with van der Waals surface area (Å²) < 4.78 is 0.822. The zero-order chi connectivity index (χ0) is 9.84. The molecule has 1 aromatic carbocycles. The summed E-state index contributed by atoms with van der Waals surface area (Å²) in [5.74, 6) is 5.84. The van der Waals surface area contributed by atoms with Crippen molar-refractivity contribution < 1.29 is 0 Å². The van der Waals surface area contributed by atoms with Crippen LogP contribution in [0.25, 0.3) is 0 Å². The Bertz CT molecular complexity index is 338. The van der Waals surface area contributed by atoms with Gasteiger partial charge in [0.05, 0.1) is 5.02 Å². The van der Waals surface area contributed by atoms with E-state index in [9.17, 15) is 0 Å². The second-order valence-corrected chi connectivity index (χ2v) is 3.55. The van der Waals surface area contributed by atoms with Gasteiger partial charge >= 0.3 is 0 Å². The zero-order valence-electron chi connectivity index (χ0n) is 7.01. The van der Waals surface area contributed by atoms with Crippen LogP contribution in [0, 0.1) is 0 Å². The van der Waals surface area contributed by atoms with Gasteiger partial charge in [0.1, 0.15) is 5.84 Å². The number of nitrogens with zero attached hydrogens (tertiary/aromatic N) is 1. The van der Waals surface area contributed by atoms with Gasteiger partial charge in [-0.25, -0.2) is 5.84 Å². The normalized spacial score (nSPS) is 11.5. The summed E-state index contributed by atoms with van der Waals surface area (Å²) in [6, 6.07) is 5.57. The first-order valence-electron chi connectivity index (χ1n) is 3.58. The summed E-state index contributed by atoms with van der Waals surface area (Å²) >= 11 is 9.34. The van der Waals surface area contributed by atoms with E-state index in [0.717, 1.165) is 10.0 Å². The summed E-state index contributed by atoms with van der Waals surface area (Å²) in [5, 5.41) is 0.598. The van der Waals surface area contributed by atoms with Gasteiger partial charge in [0.25, 0.3) is 0 Å². The molecule has 0 heterocycles. The minimum absolute atomic E-state index is 0.561. The average molecular weight is 263 g/mol. The van der Waals surface area contributed by atoms with Gasteiger partial charge in [0, 0.05) is 17.1 Å². The van der Waals surface area contributed by atoms with Gasteiger partial charge in [0.15, 0.2) is 0 Å². The molecule has 0 aliphatic rings. The Morgan fingerprint density at radius 2 is 2.31 bits per heavy atom. The van der Waals surface area contributed by atoms with Crippen LogP contribution in [0.1, 0.15) is 5.56 Å². The molecule has 0 aliphatic heterocycles. The lowest BCUT2D eigenvalue weighted by Gasteiger charge is -2.07. The van der Waals surface area contributed by atoms with E-state index in [4.69, 9.17) is 17.4 Å². The minimum atomic E-state index is 0.561. The third kappa shape index (κ3) is 2.21. The smallest absolute Gasteiger partial charge is 0.143 e. The van der Waals surface area contributed by atoms with Crippen LogP contribution < -0.4 is 11.3 Å². The maximum absolute atomic E-state index is 6.02. The molecule has 0 unspecified atom stereocenters. The van der Waals surface area contributed by atoms with Crippen LogP contribution in [-0.2, 0) is 0 Å². The SMILES string of the molecule is CN=C(NN)c1cccc(Br)c1Cl. The standard InChI is InChI=1S/C8H9BrClN3/c1-12-8(13-11)5-3-2-4-6(9)7(5)10/h2-4H,11H2,1H3,(H,12,13). The van der Waals surface area contributed by atoms with Crippen LogP contribution in [0.5, 0.6) is 0 Å². The molecule has 0 aromatic heterocycles. The number of nitrogens with one attached hydrogen (secondary N) is 1. The lowest BCUT2D eigenvalue weighted by atomic mass is 10.2. The molecule has 0 radical (unpaired) electrons. The van der Waals surface area contributed by atoms with E-state index in [0.29, 0.717) is 10.9 Å². The Morgan fingerprint density at radius 1 is 1.62 bits per heavy atom. The monoisotopic (exact) mass is 261 g/mol. The molecule has 0 bridgehead atoms. The van der Waals surface area contributed by atoms with E-state index in [-0.39, 0.29) is 0 Å². The van der Waals surface area contributed by atoms with Crippen molar-refractivity contribution in [1.82, 2.24) is 5.43 Å². The van der Waals surface area contributed by atoms with Crippen LogP contribution in [0.4, 0.5) is 0 Å². The molecule has 1 rings (SSSR count). The van der Waals surface area contributed by atoms with Crippen molar-refractivity contribution >= 4 is 33.4 Å². The Kier molecular flexibility index (Phi) is 3.71. The number of amidine groups is 1. The van der Waals surface area contributed by atoms with Crippen molar-refractivity contribution in [3.63, 3.8) is 0 Å². The van der Waals surface area contributed by atoms with E-state index in [1.54, 1.807) is 7.05 Å². The number of aliphatic imine (C=N–C) groups is 1.